The average molecular weight is 1990 g/mol. The first-order valence-electron chi connectivity index (χ1n) is 48.3. The van der Waals surface area contributed by atoms with E-state index in [4.69, 9.17) is 55.1 Å². The van der Waals surface area contributed by atoms with Crippen LogP contribution in [-0.4, -0.2) is 112 Å². The minimum Gasteiger partial charge on any atom is -0.481 e. The molecular formula is C123H124F2O22. The predicted octanol–water partition coefficient (Wildman–Crippen LogP) is 26.3. The van der Waals surface area contributed by atoms with Crippen LogP contribution in [0.4, 0.5) is 8.78 Å². The van der Waals surface area contributed by atoms with Crippen molar-refractivity contribution in [1.82, 2.24) is 0 Å². The molecule has 2 aliphatic carbocycles. The molecular weight excluding hydrogens is 1870 g/mol. The Kier molecular flexibility index (Phi) is 43.5. The molecule has 0 aliphatic heterocycles. The zero-order chi connectivity index (χ0) is 107. The lowest BCUT2D eigenvalue weighted by atomic mass is 9.94. The summed E-state index contributed by atoms with van der Waals surface area (Å²) in [5.74, 6) is -9.74. The van der Waals surface area contributed by atoms with Gasteiger partial charge in [0.15, 0.2) is 5.78 Å². The van der Waals surface area contributed by atoms with Gasteiger partial charge in [-0.05, 0) is 247 Å². The third kappa shape index (κ3) is 34.4. The molecule has 0 bridgehead atoms. The number of ether oxygens (including phenoxy) is 3. The Morgan fingerprint density at radius 1 is 0.333 bits per heavy atom. The van der Waals surface area contributed by atoms with E-state index >= 15 is 0 Å². The third-order valence-electron chi connectivity index (χ3n) is 25.2. The normalized spacial score (nSPS) is 13.6. The smallest absolute Gasteiger partial charge is 0.316 e. The molecule has 0 amide bonds. The second-order valence-electron chi connectivity index (χ2n) is 36.5. The van der Waals surface area contributed by atoms with E-state index in [0.29, 0.717) is 56.4 Å². The molecule has 8 N–H and O–H groups in total. The number of ketones is 2. The molecule has 0 aromatic heterocycles. The number of esters is 2. The second-order valence-corrected chi connectivity index (χ2v) is 36.5. The van der Waals surface area contributed by atoms with Crippen molar-refractivity contribution < 1.29 is 117 Å². The van der Waals surface area contributed by atoms with E-state index in [2.05, 4.69) is 32.0 Å². The minimum absolute atomic E-state index is 0.0171. The fourth-order valence-corrected chi connectivity index (χ4v) is 16.0. The quantitative estimate of drug-likeness (QED) is 0.0123. The Labute approximate surface area is 855 Å². The van der Waals surface area contributed by atoms with Gasteiger partial charge in [-0.1, -0.05) is 299 Å². The highest BCUT2D eigenvalue weighted by Gasteiger charge is 2.28. The molecule has 1 fully saturated rings. The topological polar surface area (TPSA) is 377 Å². The minimum atomic E-state index is -0.981. The van der Waals surface area contributed by atoms with E-state index in [9.17, 15) is 61.5 Å². The molecule has 0 saturated heterocycles. The lowest BCUT2D eigenvalue weighted by Gasteiger charge is -2.17. The predicted molar refractivity (Wildman–Crippen MR) is 563 cm³/mol. The van der Waals surface area contributed by atoms with Gasteiger partial charge in [0.1, 0.15) is 28.9 Å². The van der Waals surface area contributed by atoms with Crippen molar-refractivity contribution >= 4 is 76.1 Å². The summed E-state index contributed by atoms with van der Waals surface area (Å²) in [5, 5.41) is 73.7. The van der Waals surface area contributed by atoms with Crippen molar-refractivity contribution in [3.63, 3.8) is 0 Å². The van der Waals surface area contributed by atoms with Crippen LogP contribution in [0.2, 0.25) is 0 Å². The Bertz CT molecular complexity index is 6820. The fourth-order valence-electron chi connectivity index (χ4n) is 16.0. The van der Waals surface area contributed by atoms with Crippen molar-refractivity contribution in [3.05, 3.63) is 429 Å². The zero-order valence-corrected chi connectivity index (χ0v) is 84.1. The van der Waals surface area contributed by atoms with Crippen molar-refractivity contribution in [2.75, 3.05) is 0 Å². The van der Waals surface area contributed by atoms with Crippen LogP contribution in [0.1, 0.15) is 238 Å². The van der Waals surface area contributed by atoms with Crippen LogP contribution >= 0.6 is 0 Å². The van der Waals surface area contributed by atoms with Gasteiger partial charge in [-0.3, -0.25) is 52.7 Å². The Morgan fingerprint density at radius 3 is 1.18 bits per heavy atom. The zero-order valence-electron chi connectivity index (χ0n) is 84.1. The van der Waals surface area contributed by atoms with Crippen molar-refractivity contribution in [1.29, 1.82) is 0 Å². The molecule has 0 radical (unpaired) electrons. The Hall–Kier alpha value is -16.5. The number of carboxylic acids is 7. The molecule has 14 aromatic carbocycles. The van der Waals surface area contributed by atoms with E-state index in [0.717, 1.165) is 105 Å². The van der Waals surface area contributed by atoms with Gasteiger partial charge in [-0.15, -0.1) is 0 Å². The van der Waals surface area contributed by atoms with E-state index in [1.807, 2.05) is 212 Å². The van der Waals surface area contributed by atoms with Crippen LogP contribution in [0.15, 0.2) is 334 Å². The summed E-state index contributed by atoms with van der Waals surface area (Å²) < 4.78 is 43.8. The number of aliphatic carboxylic acids is 7. The maximum atomic E-state index is 14.4. The van der Waals surface area contributed by atoms with E-state index < -0.39 is 119 Å². The Balaban J connectivity index is 0.000000187. The van der Waals surface area contributed by atoms with E-state index in [1.165, 1.54) is 53.8 Å². The summed E-state index contributed by atoms with van der Waals surface area (Å²) in [4.78, 5) is 123. The van der Waals surface area contributed by atoms with Gasteiger partial charge in [0.25, 0.3) is 0 Å². The molecule has 14 aromatic rings. The SMILES string of the molecule is CC(=O)OC(C)OC(=O)C(C)c1ccc(-c2ccccc2)c(F)c1.CC(C(=O)O)c1ccc(-c2ccccc2)c(F)c1.CC(C(=O)O)c1ccc(CC2CCCC2=O)cc1.CC(C(=O)O)c1ccc2c(c1)Cc1ccccc1-2.CC(C(=O)O)c1ccc2cc(CO)ccc2c1.CC(C(=O)O)c1cccc(C(=O)c2ccccc2)c1.CC(C(=O)O)c1cccc(Oc2ccccc2)c1.CC(C)Cc1ccc(C(C)C(=O)O)cc1. The highest BCUT2D eigenvalue weighted by atomic mass is 19.1. The van der Waals surface area contributed by atoms with Crippen LogP contribution in [0.25, 0.3) is 44.2 Å². The first-order chi connectivity index (χ1) is 70.1. The largest absolute Gasteiger partial charge is 0.481 e. The number of benzene rings is 14. The summed E-state index contributed by atoms with van der Waals surface area (Å²) in [5.41, 5.74) is 17.6. The molecule has 0 spiro atoms. The lowest BCUT2D eigenvalue weighted by molar-refractivity contribution is -0.184. The molecule has 16 rings (SSSR count). The standard InChI is InChI=1S/C19H19FO4.C16H14O3.C16H14O2.C15H13FO2.C15H18O3.C15H14O3.C14H14O3.C13H18O2/c1-12(19(22)24-14(3)23-13(2)21)16-9-10-17(18(20)11-16)15-7-5-4-6-8-15;1-11(16(18)19)13-8-5-9-14(10-13)15(17)12-6-3-2-4-7-12;1-10(16(17)18)11-6-7-15-13(8-11)9-12-4-2-3-5-14(12)15;1-10(15(17)18)12-7-8-13(14(16)9-12)11-5-3-2-4-6-11;1-10(15(17)18)12-7-5-11(6-8-12)9-13-3-2-4-14(13)16;1-11(15(16)17)12-6-5-9-14(10-12)18-13-7-3-2-4-8-13;1-9(14(16)17)11-4-5-12-6-10(8-15)2-3-13(12)7-11;1-9(2)8-11-4-6-12(7-5-11)10(3)13(14)15/h4-12,14H,1-3H3;2-11H,1H3,(H,18,19);2-8,10H,9H2,1H3,(H,17,18);2-10H,1H3,(H,17,18);5-8,10,13H,2-4,9H2,1H3,(H,17,18);2-11H,1H3,(H,16,17);2-7,9,15H,8H2,1H3,(H,16,17);4-7,9-10H,8H2,1-3H3,(H,14,15). The summed E-state index contributed by atoms with van der Waals surface area (Å²) in [6.07, 6.45) is 4.49. The number of carbonyl (C=O) groups is 11. The molecule has 2 aliphatic rings. The molecule has 24 heteroatoms. The molecule has 10 atom stereocenters. The maximum Gasteiger partial charge on any atom is 0.316 e. The van der Waals surface area contributed by atoms with Gasteiger partial charge in [0.05, 0.1) is 54.0 Å². The molecule has 1 saturated carbocycles. The Morgan fingerprint density at radius 2 is 0.707 bits per heavy atom. The third-order valence-corrected chi connectivity index (χ3v) is 25.2. The molecule has 762 valence electrons. The number of carbonyl (C=O) groups excluding carboxylic acids is 4. The number of hydrogen-bond donors (Lipinski definition) is 8. The van der Waals surface area contributed by atoms with Crippen LogP contribution < -0.4 is 4.74 Å². The number of aliphatic hydroxyl groups excluding tert-OH is 1. The van der Waals surface area contributed by atoms with Gasteiger partial charge in [-0.25, -0.2) is 8.78 Å². The molecule has 22 nitrogen and oxygen atoms in total. The van der Waals surface area contributed by atoms with E-state index in [-0.39, 0.29) is 18.3 Å². The first-order valence-corrected chi connectivity index (χ1v) is 48.3. The number of carboxylic acid groups (broad SMARTS) is 7. The summed E-state index contributed by atoms with van der Waals surface area (Å²) >= 11 is 0. The van der Waals surface area contributed by atoms with Crippen LogP contribution in [0, 0.1) is 23.5 Å². The number of para-hydroxylation sites is 1. The monoisotopic (exact) mass is 1990 g/mol. The summed E-state index contributed by atoms with van der Waals surface area (Å²) in [7, 11) is 0. The average Bonchev–Trinajstić information content (AvgIpc) is 1.66. The highest BCUT2D eigenvalue weighted by molar-refractivity contribution is 6.09. The lowest BCUT2D eigenvalue weighted by Crippen LogP contribution is -2.23. The number of halogens is 2. The second kappa shape index (κ2) is 56.0. The number of rotatable bonds is 29. The molecule has 0 heterocycles. The van der Waals surface area contributed by atoms with Gasteiger partial charge in [-0.2, -0.15) is 0 Å². The maximum absolute atomic E-state index is 14.4. The van der Waals surface area contributed by atoms with Gasteiger partial charge >= 0.3 is 53.7 Å². The van der Waals surface area contributed by atoms with Crippen molar-refractivity contribution in [3.8, 4) is 44.9 Å². The fraction of sp³-hybridized carbons (Fsp3) is 0.244. The molecule has 10 unspecified atom stereocenters. The highest BCUT2D eigenvalue weighted by Crippen LogP contribution is 2.39. The van der Waals surface area contributed by atoms with Crippen molar-refractivity contribution in [2.45, 2.75) is 182 Å². The van der Waals surface area contributed by atoms with Gasteiger partial charge in [0.2, 0.25) is 6.29 Å². The molecule has 147 heavy (non-hydrogen) atoms. The first kappa shape index (κ1) is 114. The summed E-state index contributed by atoms with van der Waals surface area (Å²) in [6, 6.07) is 101. The number of aliphatic hydroxyl groups is 1. The van der Waals surface area contributed by atoms with Crippen molar-refractivity contribution in [2.24, 2.45) is 11.8 Å². The number of hydrogen-bond acceptors (Lipinski definition) is 15. The van der Waals surface area contributed by atoms with E-state index in [1.54, 1.807) is 146 Å². The van der Waals surface area contributed by atoms with Crippen LogP contribution in [0.3, 0.4) is 0 Å². The number of fused-ring (bicyclic) bond motifs is 4. The number of Topliss-reactive ketones (excluding diaryl/α,β-unsaturated/α-hetero) is 1. The van der Waals surface area contributed by atoms with Gasteiger partial charge < -0.3 is 55.1 Å². The van der Waals surface area contributed by atoms with Crippen LogP contribution in [0.5, 0.6) is 11.5 Å². The summed E-state index contributed by atoms with van der Waals surface area (Å²) in [6.45, 7) is 20.2. The van der Waals surface area contributed by atoms with Gasteiger partial charge in [0, 0.05) is 48.4 Å². The van der Waals surface area contributed by atoms with Crippen LogP contribution in [-0.2, 0) is 83.3 Å².